The van der Waals surface area contributed by atoms with Gasteiger partial charge in [-0.1, -0.05) is 31.5 Å². The molecule has 0 aromatic heterocycles. The van der Waals surface area contributed by atoms with Gasteiger partial charge in [-0.15, -0.1) is 12.4 Å². The summed E-state index contributed by atoms with van der Waals surface area (Å²) >= 11 is 5.90. The van der Waals surface area contributed by atoms with Gasteiger partial charge in [0.15, 0.2) is 6.10 Å². The van der Waals surface area contributed by atoms with Crippen LogP contribution in [0.3, 0.4) is 0 Å². The summed E-state index contributed by atoms with van der Waals surface area (Å²) in [6.45, 7) is 8.26. The van der Waals surface area contributed by atoms with E-state index in [1.54, 1.807) is 31.2 Å². The van der Waals surface area contributed by atoms with Crippen LogP contribution >= 0.6 is 24.0 Å². The fraction of sp³-hybridized carbons (Fsp3) is 0.562. The first-order valence-electron chi connectivity index (χ1n) is 7.20. The van der Waals surface area contributed by atoms with Crippen molar-refractivity contribution in [1.29, 1.82) is 0 Å². The molecule has 0 bridgehead atoms. The summed E-state index contributed by atoms with van der Waals surface area (Å²) in [6.07, 6.45) is 0.209. The molecule has 4 nitrogen and oxygen atoms in total. The standard InChI is InChI=1S/C16H25ClN2O2.ClH/c1-11(2)9-16(4,10-18)19-15(20)12(3)21-14-7-5-6-13(17)8-14;/h5-8,11-12H,9-10,18H2,1-4H3,(H,19,20);1H. The second-order valence-electron chi connectivity index (χ2n) is 6.07. The van der Waals surface area contributed by atoms with Gasteiger partial charge in [0.1, 0.15) is 5.75 Å². The minimum absolute atomic E-state index is 0. The minimum Gasteiger partial charge on any atom is -0.481 e. The lowest BCUT2D eigenvalue weighted by Crippen LogP contribution is -2.55. The highest BCUT2D eigenvalue weighted by atomic mass is 35.5. The summed E-state index contributed by atoms with van der Waals surface area (Å²) in [5, 5.41) is 3.56. The molecule has 3 N–H and O–H groups in total. The molecule has 0 saturated heterocycles. The number of amides is 1. The minimum atomic E-state index is -0.610. The zero-order chi connectivity index (χ0) is 16.0. The molecule has 0 radical (unpaired) electrons. The Morgan fingerprint density at radius 1 is 1.41 bits per heavy atom. The molecule has 2 unspecified atom stereocenters. The van der Waals surface area contributed by atoms with E-state index >= 15 is 0 Å². The second-order valence-corrected chi connectivity index (χ2v) is 6.51. The molecule has 0 saturated carbocycles. The zero-order valence-corrected chi connectivity index (χ0v) is 15.1. The Hall–Kier alpha value is -0.970. The second kappa shape index (κ2) is 9.23. The molecular formula is C16H26Cl2N2O2. The third-order valence-corrected chi connectivity index (χ3v) is 3.45. The van der Waals surface area contributed by atoms with E-state index in [1.807, 2.05) is 6.92 Å². The maximum atomic E-state index is 12.3. The van der Waals surface area contributed by atoms with Crippen molar-refractivity contribution in [3.63, 3.8) is 0 Å². The van der Waals surface area contributed by atoms with Gasteiger partial charge in [-0.3, -0.25) is 4.79 Å². The highest BCUT2D eigenvalue weighted by Gasteiger charge is 2.28. The first kappa shape index (κ1) is 21.0. The van der Waals surface area contributed by atoms with E-state index in [0.717, 1.165) is 6.42 Å². The topological polar surface area (TPSA) is 64.3 Å². The molecule has 0 fully saturated rings. The van der Waals surface area contributed by atoms with Gasteiger partial charge >= 0.3 is 0 Å². The molecule has 1 amide bonds. The summed E-state index contributed by atoms with van der Waals surface area (Å²) in [4.78, 5) is 12.3. The average molecular weight is 349 g/mol. The van der Waals surface area contributed by atoms with Gasteiger partial charge < -0.3 is 15.8 Å². The van der Waals surface area contributed by atoms with Crippen LogP contribution in [0.15, 0.2) is 24.3 Å². The van der Waals surface area contributed by atoms with Gasteiger partial charge in [-0.2, -0.15) is 0 Å². The number of halogens is 2. The first-order valence-corrected chi connectivity index (χ1v) is 7.58. The monoisotopic (exact) mass is 348 g/mol. The molecule has 0 heterocycles. The van der Waals surface area contributed by atoms with Gasteiger partial charge in [0.05, 0.1) is 0 Å². The molecule has 1 rings (SSSR count). The number of benzene rings is 1. The number of ether oxygens (including phenoxy) is 1. The Kier molecular flexibility index (Phi) is 8.83. The molecular weight excluding hydrogens is 323 g/mol. The van der Waals surface area contributed by atoms with Crippen LogP contribution in [0.5, 0.6) is 5.75 Å². The lowest BCUT2D eigenvalue weighted by atomic mass is 9.90. The maximum Gasteiger partial charge on any atom is 0.261 e. The van der Waals surface area contributed by atoms with Crippen LogP contribution in [0.2, 0.25) is 5.02 Å². The van der Waals surface area contributed by atoms with Crippen LogP contribution in [0, 0.1) is 5.92 Å². The van der Waals surface area contributed by atoms with Gasteiger partial charge in [-0.25, -0.2) is 0 Å². The molecule has 2 atom stereocenters. The van der Waals surface area contributed by atoms with E-state index in [-0.39, 0.29) is 18.3 Å². The van der Waals surface area contributed by atoms with Crippen molar-refractivity contribution in [2.75, 3.05) is 6.54 Å². The van der Waals surface area contributed by atoms with Gasteiger partial charge in [0.2, 0.25) is 0 Å². The van der Waals surface area contributed by atoms with E-state index in [9.17, 15) is 4.79 Å². The molecule has 0 aliphatic carbocycles. The zero-order valence-electron chi connectivity index (χ0n) is 13.6. The maximum absolute atomic E-state index is 12.3. The van der Waals surface area contributed by atoms with Gasteiger partial charge in [-0.05, 0) is 44.4 Å². The molecule has 22 heavy (non-hydrogen) atoms. The van der Waals surface area contributed by atoms with Gasteiger partial charge in [0.25, 0.3) is 5.91 Å². The molecule has 126 valence electrons. The van der Waals surface area contributed by atoms with Crippen LogP contribution in [0.1, 0.15) is 34.1 Å². The Morgan fingerprint density at radius 3 is 2.55 bits per heavy atom. The molecule has 0 aliphatic heterocycles. The Bertz CT molecular complexity index is 483. The molecule has 0 aliphatic rings. The largest absolute Gasteiger partial charge is 0.481 e. The van der Waals surface area contributed by atoms with E-state index in [2.05, 4.69) is 19.2 Å². The highest BCUT2D eigenvalue weighted by Crippen LogP contribution is 2.19. The van der Waals surface area contributed by atoms with E-state index < -0.39 is 11.6 Å². The number of carbonyl (C=O) groups excluding carboxylic acids is 1. The van der Waals surface area contributed by atoms with Crippen molar-refractivity contribution in [2.45, 2.75) is 45.8 Å². The number of nitrogens with one attached hydrogen (secondary N) is 1. The Balaban J connectivity index is 0.00000441. The summed E-state index contributed by atoms with van der Waals surface area (Å²) in [5.41, 5.74) is 5.38. The van der Waals surface area contributed by atoms with Crippen LogP contribution < -0.4 is 15.8 Å². The summed E-state index contributed by atoms with van der Waals surface area (Å²) in [5.74, 6) is 0.843. The van der Waals surface area contributed by atoms with Crippen molar-refractivity contribution >= 4 is 29.9 Å². The third kappa shape index (κ3) is 6.86. The van der Waals surface area contributed by atoms with Crippen LogP contribution in [-0.4, -0.2) is 24.1 Å². The Labute approximate surface area is 144 Å². The smallest absolute Gasteiger partial charge is 0.261 e. The number of hydrogen-bond acceptors (Lipinski definition) is 3. The molecule has 1 aromatic carbocycles. The van der Waals surface area contributed by atoms with Crippen LogP contribution in [-0.2, 0) is 4.79 Å². The number of hydrogen-bond donors (Lipinski definition) is 2. The summed E-state index contributed by atoms with van der Waals surface area (Å²) < 4.78 is 5.62. The first-order chi connectivity index (χ1) is 9.75. The van der Waals surface area contributed by atoms with Crippen LogP contribution in [0.4, 0.5) is 0 Å². The quantitative estimate of drug-likeness (QED) is 0.793. The molecule has 1 aromatic rings. The SMILES string of the molecule is CC(C)CC(C)(CN)NC(=O)C(C)Oc1cccc(Cl)c1.Cl. The summed E-state index contributed by atoms with van der Waals surface area (Å²) in [7, 11) is 0. The number of nitrogens with two attached hydrogens (primary N) is 1. The molecule has 0 spiro atoms. The fourth-order valence-electron chi connectivity index (χ4n) is 2.28. The average Bonchev–Trinajstić information content (AvgIpc) is 2.37. The van der Waals surface area contributed by atoms with E-state index in [0.29, 0.717) is 23.2 Å². The van der Waals surface area contributed by atoms with Crippen molar-refractivity contribution in [3.05, 3.63) is 29.3 Å². The van der Waals surface area contributed by atoms with Crippen molar-refractivity contribution in [3.8, 4) is 5.75 Å². The highest BCUT2D eigenvalue weighted by molar-refractivity contribution is 6.30. The fourth-order valence-corrected chi connectivity index (χ4v) is 2.46. The molecule has 6 heteroatoms. The predicted molar refractivity (Wildman–Crippen MR) is 93.8 cm³/mol. The lowest BCUT2D eigenvalue weighted by molar-refractivity contribution is -0.129. The number of carbonyl (C=O) groups is 1. The third-order valence-electron chi connectivity index (χ3n) is 3.21. The van der Waals surface area contributed by atoms with Gasteiger partial charge in [0, 0.05) is 17.1 Å². The van der Waals surface area contributed by atoms with E-state index in [1.165, 1.54) is 0 Å². The normalized spacial score (nSPS) is 14.7. The lowest BCUT2D eigenvalue weighted by Gasteiger charge is -2.32. The van der Waals surface area contributed by atoms with Crippen LogP contribution in [0.25, 0.3) is 0 Å². The van der Waals surface area contributed by atoms with Crippen molar-refractivity contribution in [1.82, 2.24) is 5.32 Å². The van der Waals surface area contributed by atoms with E-state index in [4.69, 9.17) is 22.1 Å². The van der Waals surface area contributed by atoms with Crippen molar-refractivity contribution < 1.29 is 9.53 Å². The number of rotatable bonds is 7. The Morgan fingerprint density at radius 2 is 2.05 bits per heavy atom. The predicted octanol–water partition coefficient (Wildman–Crippen LogP) is 3.41. The summed E-state index contributed by atoms with van der Waals surface area (Å²) in [6, 6.07) is 6.99. The van der Waals surface area contributed by atoms with Crippen molar-refractivity contribution in [2.24, 2.45) is 11.7 Å².